The number of benzene rings is 2. The zero-order valence-electron chi connectivity index (χ0n) is 29.0. The number of nitriles is 1. The van der Waals surface area contributed by atoms with Crippen LogP contribution in [0.25, 0.3) is 32.9 Å². The minimum Gasteiger partial charge on any atom is -0.444 e. The molecule has 268 valence electrons. The van der Waals surface area contributed by atoms with Crippen LogP contribution in [0.5, 0.6) is 0 Å². The van der Waals surface area contributed by atoms with Crippen LogP contribution in [-0.4, -0.2) is 55.4 Å². The van der Waals surface area contributed by atoms with Gasteiger partial charge in [-0.05, 0) is 84.1 Å². The number of nitrogens with one attached hydrogen (secondary N) is 1. The van der Waals surface area contributed by atoms with E-state index in [-0.39, 0.29) is 70.5 Å². The van der Waals surface area contributed by atoms with E-state index in [1.807, 2.05) is 31.4 Å². The molecular weight excluding hydrogens is 699 g/mol. The number of aromatic nitrogens is 2. The molecule has 1 unspecified atom stereocenters. The van der Waals surface area contributed by atoms with Crippen molar-refractivity contribution in [3.63, 3.8) is 0 Å². The molecule has 2 saturated heterocycles. The van der Waals surface area contributed by atoms with Gasteiger partial charge in [0.15, 0.2) is 11.5 Å². The second-order valence-electron chi connectivity index (χ2n) is 15.1. The van der Waals surface area contributed by atoms with Gasteiger partial charge in [0.1, 0.15) is 11.1 Å². The number of hydrogen-bond acceptors (Lipinski definition) is 6. The third kappa shape index (κ3) is 5.99. The van der Waals surface area contributed by atoms with Crippen molar-refractivity contribution in [2.24, 2.45) is 5.92 Å². The minimum absolute atomic E-state index is 0.00128. The number of aliphatic hydroxyl groups excluding tert-OH is 1. The van der Waals surface area contributed by atoms with Crippen LogP contribution in [0.2, 0.25) is 10.0 Å². The zero-order valence-corrected chi connectivity index (χ0v) is 30.5. The number of hydrogen-bond donors (Lipinski definition) is 2. The normalized spacial score (nSPS) is 21.7. The summed E-state index contributed by atoms with van der Waals surface area (Å²) in [5, 5.41) is 24.8. The number of rotatable bonds is 8. The van der Waals surface area contributed by atoms with Gasteiger partial charge >= 0.3 is 6.09 Å². The summed E-state index contributed by atoms with van der Waals surface area (Å²) >= 11 is 13.0. The Labute approximate surface area is 304 Å². The van der Waals surface area contributed by atoms with Gasteiger partial charge in [0, 0.05) is 46.5 Å². The molecule has 4 fully saturated rings. The van der Waals surface area contributed by atoms with Crippen molar-refractivity contribution in [2.45, 2.75) is 102 Å². The van der Waals surface area contributed by atoms with E-state index in [1.54, 1.807) is 43.0 Å². The maximum atomic E-state index is 17.2. The highest BCUT2D eigenvalue weighted by Gasteiger charge is 2.57. The molecule has 9 nitrogen and oxygen atoms in total. The average molecular weight is 739 g/mol. The molecule has 0 spiro atoms. The number of carbonyl (C=O) groups excluding carboxylic acids is 2. The molecule has 2 aliphatic carbocycles. The summed E-state index contributed by atoms with van der Waals surface area (Å²) in [4.78, 5) is 32.8. The quantitative estimate of drug-likeness (QED) is 0.187. The molecule has 4 heterocycles. The first kappa shape index (κ1) is 35.4. The monoisotopic (exact) mass is 737 g/mol. The van der Waals surface area contributed by atoms with E-state index in [9.17, 15) is 24.3 Å². The Balaban J connectivity index is 1.50. The Morgan fingerprint density at radius 3 is 2.59 bits per heavy atom. The lowest BCUT2D eigenvalue weighted by atomic mass is 9.79. The van der Waals surface area contributed by atoms with Crippen molar-refractivity contribution in [1.29, 1.82) is 5.26 Å². The van der Waals surface area contributed by atoms with E-state index in [0.29, 0.717) is 46.1 Å². The molecule has 51 heavy (non-hydrogen) atoms. The Hall–Kier alpha value is -3.98. The number of pyridine rings is 1. The molecule has 2 aromatic heterocycles. The van der Waals surface area contributed by atoms with E-state index in [0.717, 1.165) is 0 Å². The Morgan fingerprint density at radius 2 is 1.94 bits per heavy atom. The van der Waals surface area contributed by atoms with Crippen LogP contribution in [0.3, 0.4) is 0 Å². The summed E-state index contributed by atoms with van der Waals surface area (Å²) in [5.74, 6) is -1.39. The SMILES string of the molecule is CC(O)c1nc2c(F)c(-c3cccc(Cl)c3Cl)c(CCC#N)cc2c2c1cc([C@@H](C)NC(=O)C1(F)CC1)n2[C@H]1[C@@H]2C[C@H]1N(C(=O)OC(C)(C)C)C2. The first-order valence-corrected chi connectivity index (χ1v) is 18.0. The fraction of sp³-hybridized carbons (Fsp3) is 0.474. The summed E-state index contributed by atoms with van der Waals surface area (Å²) in [6, 6.07) is 9.42. The molecule has 2 N–H and O–H groups in total. The standard InChI is InChI=1S/C38H39Cl2F2N5O4/c1-18(44-35(49)38(42)11-12-38)26-16-24-31(19(2)48)45-32-23(14-20(8-7-13-43)28(30(32)41)22-9-6-10-25(39)29(22)40)34(24)47(26)33-21-15-27(33)46(17-21)36(50)51-37(3,4)5/h6,9-10,14,16,18-19,21,27,33,48H,7-8,11-12,15,17H2,1-5H3,(H,44,49)/t18-,19?,21-,27-,33+/m1/s1. The molecular formula is C38H39Cl2F2N5O4. The van der Waals surface area contributed by atoms with Crippen LogP contribution < -0.4 is 5.32 Å². The highest BCUT2D eigenvalue weighted by atomic mass is 35.5. The van der Waals surface area contributed by atoms with Crippen molar-refractivity contribution >= 4 is 57.0 Å². The molecule has 13 heteroatoms. The lowest BCUT2D eigenvalue weighted by molar-refractivity contribution is -0.128. The topological polar surface area (TPSA) is 120 Å². The van der Waals surface area contributed by atoms with Gasteiger partial charge in [0.05, 0.1) is 51.6 Å². The summed E-state index contributed by atoms with van der Waals surface area (Å²) in [6.07, 6.45) is -0.264. The van der Waals surface area contributed by atoms with E-state index < -0.39 is 41.2 Å². The predicted molar refractivity (Wildman–Crippen MR) is 191 cm³/mol. The molecule has 4 aromatic rings. The van der Waals surface area contributed by atoms with Crippen molar-refractivity contribution < 1.29 is 28.2 Å². The smallest absolute Gasteiger partial charge is 0.410 e. The lowest BCUT2D eigenvalue weighted by Crippen LogP contribution is -2.45. The number of ether oxygens (including phenoxy) is 1. The van der Waals surface area contributed by atoms with Gasteiger partial charge in [0.25, 0.3) is 5.91 Å². The van der Waals surface area contributed by atoms with Crippen LogP contribution in [0.4, 0.5) is 13.6 Å². The van der Waals surface area contributed by atoms with Gasteiger partial charge in [-0.2, -0.15) is 5.26 Å². The Kier molecular flexibility index (Phi) is 8.76. The third-order valence-electron chi connectivity index (χ3n) is 10.3. The van der Waals surface area contributed by atoms with E-state index >= 15 is 4.39 Å². The Bertz CT molecular complexity index is 2150. The fourth-order valence-electron chi connectivity index (χ4n) is 7.77. The zero-order chi connectivity index (χ0) is 36.7. The highest BCUT2D eigenvalue weighted by molar-refractivity contribution is 6.43. The molecule has 5 atom stereocenters. The number of fused-ring (bicyclic) bond motifs is 4. The van der Waals surface area contributed by atoms with Gasteiger partial charge in [-0.25, -0.2) is 18.6 Å². The summed E-state index contributed by atoms with van der Waals surface area (Å²) in [5.41, 5.74) is -0.264. The maximum absolute atomic E-state index is 17.2. The van der Waals surface area contributed by atoms with Crippen LogP contribution >= 0.6 is 23.2 Å². The van der Waals surface area contributed by atoms with Crippen LogP contribution in [0, 0.1) is 23.1 Å². The summed E-state index contributed by atoms with van der Waals surface area (Å²) in [7, 11) is 0. The maximum Gasteiger partial charge on any atom is 0.410 e. The largest absolute Gasteiger partial charge is 0.444 e. The number of amides is 2. The average Bonchev–Trinajstić information content (AvgIpc) is 3.36. The molecule has 2 aliphatic heterocycles. The Morgan fingerprint density at radius 1 is 1.22 bits per heavy atom. The molecule has 2 bridgehead atoms. The van der Waals surface area contributed by atoms with Gasteiger partial charge in [-0.3, -0.25) is 4.79 Å². The van der Waals surface area contributed by atoms with Gasteiger partial charge < -0.3 is 24.6 Å². The first-order chi connectivity index (χ1) is 24.0. The van der Waals surface area contributed by atoms with Crippen molar-refractivity contribution in [3.05, 3.63) is 63.1 Å². The second kappa shape index (κ2) is 12.6. The molecule has 2 saturated carbocycles. The van der Waals surface area contributed by atoms with Crippen LogP contribution in [0.1, 0.15) is 95.4 Å². The lowest BCUT2D eigenvalue weighted by Gasteiger charge is -2.40. The van der Waals surface area contributed by atoms with E-state index in [4.69, 9.17) is 32.9 Å². The predicted octanol–water partition coefficient (Wildman–Crippen LogP) is 8.67. The molecule has 8 rings (SSSR count). The number of halogens is 4. The van der Waals surface area contributed by atoms with Crippen molar-refractivity contribution in [1.82, 2.24) is 19.8 Å². The molecule has 0 radical (unpaired) electrons. The van der Waals surface area contributed by atoms with Crippen LogP contribution in [0.15, 0.2) is 30.3 Å². The van der Waals surface area contributed by atoms with E-state index in [2.05, 4.69) is 11.4 Å². The minimum atomic E-state index is -1.91. The third-order valence-corrected chi connectivity index (χ3v) is 11.2. The fourth-order valence-corrected chi connectivity index (χ4v) is 8.16. The summed E-state index contributed by atoms with van der Waals surface area (Å²) in [6.45, 7) is 9.16. The molecule has 4 aliphatic rings. The van der Waals surface area contributed by atoms with Gasteiger partial charge in [-0.15, -0.1) is 0 Å². The van der Waals surface area contributed by atoms with Gasteiger partial charge in [-0.1, -0.05) is 35.3 Å². The molecule has 2 aromatic carbocycles. The summed E-state index contributed by atoms with van der Waals surface area (Å²) < 4.78 is 39.9. The number of aryl methyl sites for hydroxylation is 1. The second-order valence-corrected chi connectivity index (χ2v) is 15.9. The molecule has 2 amide bonds. The number of carbonyl (C=O) groups is 2. The van der Waals surface area contributed by atoms with Crippen molar-refractivity contribution in [3.8, 4) is 17.2 Å². The van der Waals surface area contributed by atoms with Crippen molar-refractivity contribution in [2.75, 3.05) is 6.54 Å². The number of aliphatic hydroxyl groups is 1. The number of alkyl halides is 1. The van der Waals surface area contributed by atoms with Gasteiger partial charge in [0.2, 0.25) is 0 Å². The van der Waals surface area contributed by atoms with E-state index in [1.165, 1.54) is 0 Å². The first-order valence-electron chi connectivity index (χ1n) is 17.2. The number of nitrogens with zero attached hydrogens (tertiary/aromatic N) is 4. The highest BCUT2D eigenvalue weighted by Crippen LogP contribution is 2.54. The van der Waals surface area contributed by atoms with Crippen LogP contribution in [-0.2, 0) is 16.0 Å².